The van der Waals surface area contributed by atoms with Crippen LogP contribution in [0.5, 0.6) is 11.5 Å². The number of Topliss-reactive ketones (excluding diaryl/α,β-unsaturated/α-hetero) is 1. The van der Waals surface area contributed by atoms with Gasteiger partial charge in [-0.3, -0.25) is 38.5 Å². The first-order chi connectivity index (χ1) is 57.7. The Balaban J connectivity index is 0.651. The van der Waals surface area contributed by atoms with E-state index in [4.69, 9.17) is 76.3 Å². The summed E-state index contributed by atoms with van der Waals surface area (Å²) >= 11 is 18.3. The third kappa shape index (κ3) is 24.3. The van der Waals surface area contributed by atoms with E-state index in [9.17, 15) is 73.2 Å². The molecule has 6 aromatic rings. The minimum atomic E-state index is -1.96. The number of carboxylic acids is 1. The summed E-state index contributed by atoms with van der Waals surface area (Å²) in [7, 11) is 2.99. The number of aliphatic hydroxyl groups excluding tert-OH is 3. The molecule has 0 spiro atoms. The molecule has 120 heavy (non-hydrogen) atoms. The molecule has 3 unspecified atom stereocenters. The maximum absolute atomic E-state index is 14.9. The third-order valence-electron chi connectivity index (χ3n) is 20.6. The fourth-order valence-electron chi connectivity index (χ4n) is 14.1. The zero-order valence-corrected chi connectivity index (χ0v) is 70.0. The van der Waals surface area contributed by atoms with Gasteiger partial charge >= 0.3 is 24.2 Å². The van der Waals surface area contributed by atoms with Crippen LogP contribution in [0.25, 0.3) is 21.5 Å². The Morgan fingerprint density at radius 2 is 1.17 bits per heavy atom. The van der Waals surface area contributed by atoms with Crippen LogP contribution in [0.4, 0.5) is 31.4 Å². The summed E-state index contributed by atoms with van der Waals surface area (Å²) in [5, 5.41) is 51.5. The first-order valence-corrected chi connectivity index (χ1v) is 41.7. The molecule has 10 atom stereocenters. The number of urea groups is 1. The molecular weight excluding hydrogens is 1650 g/mol. The van der Waals surface area contributed by atoms with Crippen molar-refractivity contribution in [2.24, 2.45) is 17.6 Å². The fourth-order valence-corrected chi connectivity index (χ4v) is 15.8. The highest BCUT2D eigenvalue weighted by molar-refractivity contribution is 7.81. The maximum atomic E-state index is 14.9. The summed E-state index contributed by atoms with van der Waals surface area (Å²) in [6.45, 7) is 7.43. The van der Waals surface area contributed by atoms with Crippen LogP contribution in [0.2, 0.25) is 0 Å². The summed E-state index contributed by atoms with van der Waals surface area (Å²) in [4.78, 5) is 152. The van der Waals surface area contributed by atoms with E-state index in [0.29, 0.717) is 109 Å². The molecule has 34 nitrogen and oxygen atoms in total. The topological polar surface area (TPSA) is 439 Å². The van der Waals surface area contributed by atoms with Gasteiger partial charge in [0.25, 0.3) is 11.8 Å². The fraction of sp³-hybridized carbons (Fsp3) is 0.500. The Kier molecular flexibility index (Phi) is 34.8. The molecule has 650 valence electrons. The largest absolute Gasteiger partial charge is 0.479 e. The van der Waals surface area contributed by atoms with Gasteiger partial charge in [-0.15, -0.1) is 34.5 Å². The number of nitrogens with one attached hydrogen (secondary N) is 3. The summed E-state index contributed by atoms with van der Waals surface area (Å²) in [5.74, 6) is -5.88. The number of thiol groups is 1. The standard InChI is InChI=1S/C82H101Cl2N9O25S2/c1-47(2)69(88-65(95)21-26-109-28-30-111-32-34-113-36-37-114-35-33-112-31-29-110-27-25-91-66(96)41-62(119)75(91)101)59(94)38-49(10-9-22-86-80(85)106)74(100)87-52-17-15-48(16-18-52)46-115-81(107)89(3)23-24-90(4)82(108)117-61-40-58-68(56-14-8-6-12-54(56)61)51(43-84)45-93(58)77(103)64-20-19-63(120-64)76(102)92-44-50(42-83)67-55-13-7-5-11-53(55)60(39-57(67)92)116-79-72(99)70(97)71(98)73(118-79)78(104)105/h5-8,11-20,39-40,47,49-51,62,69-73,79,97-99,119H,9-10,21-38,41-46H2,1-4H3,(H,87,100)(H,88,95)(H,104,105)(H3,85,86,106)/t49-,50-,51-,62?,69+,70+,71+,72?,73?,79-/m1/s1. The quantitative estimate of drug-likeness (QED) is 0.00837. The van der Waals surface area contributed by atoms with Gasteiger partial charge in [-0.2, -0.15) is 12.6 Å². The van der Waals surface area contributed by atoms with Crippen LogP contribution in [0.15, 0.2) is 97.1 Å². The summed E-state index contributed by atoms with van der Waals surface area (Å²) < 4.78 is 56.3. The van der Waals surface area contributed by atoms with Gasteiger partial charge in [0.05, 0.1) is 118 Å². The number of ether oxygens (including phenoxy) is 10. The number of hydrogen-bond donors (Lipinski definition) is 9. The molecule has 0 aliphatic carbocycles. The Bertz CT molecular complexity index is 4610. The minimum Gasteiger partial charge on any atom is -0.479 e. The van der Waals surface area contributed by atoms with Crippen molar-refractivity contribution in [2.75, 3.05) is 160 Å². The number of alkyl halides is 2. The van der Waals surface area contributed by atoms with Gasteiger partial charge < -0.3 is 109 Å². The van der Waals surface area contributed by atoms with Crippen molar-refractivity contribution in [3.05, 3.63) is 124 Å². The maximum Gasteiger partial charge on any atom is 0.415 e. The van der Waals surface area contributed by atoms with Crippen molar-refractivity contribution in [2.45, 2.75) is 106 Å². The predicted molar refractivity (Wildman–Crippen MR) is 444 cm³/mol. The van der Waals surface area contributed by atoms with Gasteiger partial charge in [0.15, 0.2) is 11.9 Å². The molecule has 5 heterocycles. The van der Waals surface area contributed by atoms with Gasteiger partial charge in [-0.1, -0.05) is 74.5 Å². The lowest BCUT2D eigenvalue weighted by molar-refractivity contribution is -0.270. The van der Waals surface area contributed by atoms with E-state index in [0.717, 1.165) is 21.8 Å². The Labute approximate surface area is 711 Å². The van der Waals surface area contributed by atoms with Crippen molar-refractivity contribution < 1.29 is 121 Å². The Morgan fingerprint density at radius 1 is 0.658 bits per heavy atom. The lowest BCUT2D eigenvalue weighted by atomic mass is 9.89. The van der Waals surface area contributed by atoms with Crippen LogP contribution in [0, 0.1) is 11.8 Å². The first-order valence-electron chi connectivity index (χ1n) is 39.3. The Hall–Kier alpha value is -9.38. The number of carbonyl (C=O) groups excluding carboxylic acids is 10. The molecule has 1 aromatic heterocycles. The number of anilines is 3. The smallest absolute Gasteiger partial charge is 0.415 e. The second kappa shape index (κ2) is 45.0. The van der Waals surface area contributed by atoms with Crippen LogP contribution in [-0.4, -0.2) is 287 Å². The number of fused-ring (bicyclic) bond motifs is 6. The number of carbonyl (C=O) groups is 11. The molecular formula is C82H101Cl2N9O25S2. The molecule has 10 rings (SSSR count). The normalized spacial score (nSPS) is 19.3. The molecule has 2 saturated heterocycles. The molecule has 0 bridgehead atoms. The second-order valence-corrected chi connectivity index (χ2v) is 31.7. The number of likely N-dealkylation sites (tertiary alicyclic amines) is 1. The number of amides is 10. The second-order valence-electron chi connectivity index (χ2n) is 29.3. The van der Waals surface area contributed by atoms with E-state index in [2.05, 4.69) is 28.6 Å². The third-order valence-corrected chi connectivity index (χ3v) is 22.8. The summed E-state index contributed by atoms with van der Waals surface area (Å²) in [6, 6.07) is 25.3. The number of likely N-dealkylation sites (N-methyl/N-ethyl adjacent to an activating group) is 2. The number of aliphatic hydroxyl groups is 3. The highest BCUT2D eigenvalue weighted by Crippen LogP contribution is 2.49. The van der Waals surface area contributed by atoms with Crippen LogP contribution >= 0.6 is 47.2 Å². The van der Waals surface area contributed by atoms with E-state index in [-0.39, 0.29) is 166 Å². The molecule has 9 N–H and O–H groups in total. The highest BCUT2D eigenvalue weighted by Gasteiger charge is 2.49. The van der Waals surface area contributed by atoms with E-state index in [1.54, 1.807) is 92.7 Å². The van der Waals surface area contributed by atoms with Gasteiger partial charge in [-0.05, 0) is 70.5 Å². The number of nitrogens with two attached hydrogens (primary N) is 1. The van der Waals surface area contributed by atoms with E-state index >= 15 is 0 Å². The lowest BCUT2D eigenvalue weighted by Gasteiger charge is -2.38. The van der Waals surface area contributed by atoms with Crippen LogP contribution < -0.4 is 41.0 Å². The molecule has 4 aliphatic heterocycles. The average molecular weight is 1750 g/mol. The Morgan fingerprint density at radius 3 is 1.68 bits per heavy atom. The zero-order chi connectivity index (χ0) is 86.3. The number of nitrogens with zero attached hydrogens (tertiary/aromatic N) is 5. The number of benzene rings is 5. The molecule has 5 aromatic carbocycles. The van der Waals surface area contributed by atoms with Crippen molar-refractivity contribution in [1.82, 2.24) is 25.3 Å². The number of primary amides is 1. The van der Waals surface area contributed by atoms with Crippen molar-refractivity contribution in [1.29, 1.82) is 0 Å². The van der Waals surface area contributed by atoms with Crippen molar-refractivity contribution in [3.8, 4) is 11.5 Å². The molecule has 0 saturated carbocycles. The molecule has 2 fully saturated rings. The highest BCUT2D eigenvalue weighted by atomic mass is 35.5. The lowest BCUT2D eigenvalue weighted by Crippen LogP contribution is -2.61. The van der Waals surface area contributed by atoms with E-state index in [1.165, 1.54) is 39.8 Å². The number of carboxylic acid groups (broad SMARTS) is 1. The number of hydrogen-bond acceptors (Lipinski definition) is 26. The van der Waals surface area contributed by atoms with Crippen LogP contribution in [0.1, 0.15) is 93.8 Å². The number of ketones is 1. The molecule has 0 radical (unpaired) electrons. The van der Waals surface area contributed by atoms with Crippen molar-refractivity contribution in [3.63, 3.8) is 0 Å². The van der Waals surface area contributed by atoms with Crippen LogP contribution in [0.3, 0.4) is 0 Å². The van der Waals surface area contributed by atoms with Gasteiger partial charge in [0, 0.05) is 124 Å². The van der Waals surface area contributed by atoms with E-state index < -0.39 is 95.7 Å². The van der Waals surface area contributed by atoms with E-state index in [1.807, 2.05) is 12.1 Å². The average Bonchev–Trinajstić information content (AvgIpc) is 1.57. The minimum absolute atomic E-state index is 0.00301. The molecule has 4 aliphatic rings. The molecule has 38 heteroatoms. The van der Waals surface area contributed by atoms with Gasteiger partial charge in [0.1, 0.15) is 36.4 Å². The number of aliphatic carboxylic acids is 1. The zero-order valence-electron chi connectivity index (χ0n) is 66.8. The number of halogens is 2. The number of imide groups is 1. The number of thiophene rings is 1. The SMILES string of the molecule is CC(C)[C@H](NC(=O)CCOCCOCCOCCOCCOCCOCCN1C(=O)CC(S)C1=O)C(=O)C[C@@H](CCCNC(N)=O)C(=O)Nc1ccc(COC(=O)N(C)CCN(C)C(=O)Oc2cc3c(c4ccccc24)[C@H](CCl)CN3C(=O)c2ccc(C(=O)N3C[C@@H](CCl)c4c3cc(O[C@@H]3OC(C(=O)O)[C@@H](O)[C@H](O)C3O)c3ccccc43)s2)cc1. The van der Waals surface area contributed by atoms with Gasteiger partial charge in [-0.25, -0.2) is 19.2 Å². The predicted octanol–water partition coefficient (Wildman–Crippen LogP) is 6.64. The monoisotopic (exact) mass is 1750 g/mol. The van der Waals surface area contributed by atoms with Gasteiger partial charge in [0.2, 0.25) is 29.9 Å². The first kappa shape index (κ1) is 92.9. The van der Waals surface area contributed by atoms with Crippen LogP contribution in [-0.2, 0) is 73.3 Å². The molecule has 10 amide bonds. The van der Waals surface area contributed by atoms with Crippen molar-refractivity contribution >= 4 is 151 Å². The summed E-state index contributed by atoms with van der Waals surface area (Å²) in [6.07, 6.45) is -10.6. The number of rotatable bonds is 45. The summed E-state index contributed by atoms with van der Waals surface area (Å²) in [5.41, 5.74) is 8.50.